The second kappa shape index (κ2) is 35.7. The molecular formula is C64H93IN4O22S4. The fourth-order valence-electron chi connectivity index (χ4n) is 11.2. The van der Waals surface area contributed by atoms with E-state index < -0.39 is 139 Å². The summed E-state index contributed by atoms with van der Waals surface area (Å²) >= 11 is 6.92. The number of hydroxylamine groups is 1. The molecule has 19 atom stereocenters. The molecule has 2 amide bonds. The quantitative estimate of drug-likeness (QED) is 0.0191. The molecule has 0 radical (unpaired) electrons. The van der Waals surface area contributed by atoms with Crippen molar-refractivity contribution in [1.29, 1.82) is 0 Å². The average Bonchev–Trinajstić information content (AvgIpc) is 0.759. The number of amides is 2. The maximum atomic E-state index is 14.5. The van der Waals surface area contributed by atoms with E-state index >= 15 is 0 Å². The van der Waals surface area contributed by atoms with Gasteiger partial charge in [-0.05, 0) is 74.9 Å². The number of carbonyl (C=O) groups excluding carboxylic acids is 4. The van der Waals surface area contributed by atoms with Crippen molar-refractivity contribution in [2.75, 3.05) is 61.0 Å². The number of thioether (sulfide) groups is 1. The molecule has 95 heavy (non-hydrogen) atoms. The zero-order valence-electron chi connectivity index (χ0n) is 56.3. The van der Waals surface area contributed by atoms with E-state index in [0.717, 1.165) is 18.9 Å². The summed E-state index contributed by atoms with van der Waals surface area (Å²) in [4.78, 5) is 62.4. The molecule has 0 saturated carbocycles. The van der Waals surface area contributed by atoms with Gasteiger partial charge in [0.25, 0.3) is 0 Å². The van der Waals surface area contributed by atoms with Crippen molar-refractivity contribution in [1.82, 2.24) is 15.7 Å². The minimum atomic E-state index is -2.10. The van der Waals surface area contributed by atoms with Gasteiger partial charge in [0.15, 0.2) is 41.8 Å². The Morgan fingerprint density at radius 1 is 0.874 bits per heavy atom. The number of methoxy groups -OCH3 is 5. The van der Waals surface area contributed by atoms with Gasteiger partial charge in [-0.15, -0.1) is 0 Å². The second-order valence-electron chi connectivity index (χ2n) is 25.0. The molecule has 4 saturated heterocycles. The number of alkyl carbamates (subject to hydrolysis) is 1. The number of halogens is 1. The van der Waals surface area contributed by atoms with Crippen LogP contribution in [0.3, 0.4) is 0 Å². The van der Waals surface area contributed by atoms with E-state index in [2.05, 4.69) is 67.9 Å². The number of hydrogen-bond acceptors (Lipinski definition) is 28. The van der Waals surface area contributed by atoms with E-state index in [1.54, 1.807) is 56.4 Å². The van der Waals surface area contributed by atoms with Crippen LogP contribution >= 0.6 is 68.6 Å². The van der Waals surface area contributed by atoms with Gasteiger partial charge in [-0.1, -0.05) is 105 Å². The van der Waals surface area contributed by atoms with Gasteiger partial charge in [0.2, 0.25) is 23.1 Å². The first kappa shape index (κ1) is 80.5. The number of fused-ring (bicyclic) bond motifs is 2. The number of likely N-dealkylation sites (N-methyl/N-ethyl adjacent to an activating group) is 1. The highest BCUT2D eigenvalue weighted by Crippen LogP contribution is 2.49. The molecule has 17 unspecified atom stereocenters. The van der Waals surface area contributed by atoms with Gasteiger partial charge in [-0.2, -0.15) is 18.1 Å². The van der Waals surface area contributed by atoms with Crippen molar-refractivity contribution < 1.29 is 106 Å². The number of ether oxygens (including phenoxy) is 12. The monoisotopic (exact) mass is 1520 g/mol. The smallest absolute Gasteiger partial charge is 0.411 e. The molecule has 1 aromatic carbocycles. The van der Waals surface area contributed by atoms with Crippen LogP contribution in [0.4, 0.5) is 4.79 Å². The van der Waals surface area contributed by atoms with E-state index in [1.807, 2.05) is 43.4 Å². The molecule has 0 aromatic heterocycles. The first-order chi connectivity index (χ1) is 44.7. The Labute approximate surface area is 587 Å². The predicted octanol–water partition coefficient (Wildman–Crippen LogP) is 4.63. The van der Waals surface area contributed by atoms with Gasteiger partial charge in [0.05, 0.1) is 104 Å². The second-order valence-corrected chi connectivity index (χ2v) is 31.7. The first-order valence-electron chi connectivity index (χ1n) is 30.9. The molecule has 4 aliphatic heterocycles. The van der Waals surface area contributed by atoms with Crippen LogP contribution in [0.15, 0.2) is 35.1 Å². The van der Waals surface area contributed by atoms with Crippen LogP contribution in [-0.4, -0.2) is 239 Å². The highest BCUT2D eigenvalue weighted by atomic mass is 127. The van der Waals surface area contributed by atoms with E-state index in [-0.39, 0.29) is 81.0 Å². The maximum Gasteiger partial charge on any atom is 0.411 e. The Bertz CT molecular complexity index is 3060. The predicted molar refractivity (Wildman–Crippen MR) is 367 cm³/mol. The molecule has 4 fully saturated rings. The van der Waals surface area contributed by atoms with Crippen molar-refractivity contribution in [3.8, 4) is 40.9 Å². The molecule has 26 nitrogen and oxygen atoms in total. The molecular weight excluding hydrogens is 1430 g/mol. The van der Waals surface area contributed by atoms with Gasteiger partial charge < -0.3 is 93.0 Å². The van der Waals surface area contributed by atoms with Crippen molar-refractivity contribution >= 4 is 91.5 Å². The number of Topliss-reactive ketones (excluding diaryl/α,β-unsaturated/α-hetero) is 1. The number of rotatable bonds is 22. The number of nitrogens with one attached hydrogen (secondary N) is 2. The lowest BCUT2D eigenvalue weighted by molar-refractivity contribution is -0.337. The third-order valence-electron chi connectivity index (χ3n) is 15.7. The van der Waals surface area contributed by atoms with E-state index in [0.29, 0.717) is 21.4 Å². The summed E-state index contributed by atoms with van der Waals surface area (Å²) in [7, 11) is 9.73. The van der Waals surface area contributed by atoms with Gasteiger partial charge in [-0.25, -0.2) is 4.79 Å². The normalized spacial score (nSPS) is 33.3. The zero-order valence-corrected chi connectivity index (χ0v) is 61.8. The van der Waals surface area contributed by atoms with Gasteiger partial charge in [0.1, 0.15) is 36.6 Å². The minimum Gasteiger partial charge on any atom is -0.492 e. The van der Waals surface area contributed by atoms with Gasteiger partial charge in [0, 0.05) is 60.0 Å². The lowest BCUT2D eigenvalue weighted by atomic mass is 9.75. The molecule has 6 aliphatic rings. The van der Waals surface area contributed by atoms with Crippen molar-refractivity contribution in [3.05, 3.63) is 49.8 Å². The van der Waals surface area contributed by atoms with Crippen molar-refractivity contribution in [2.45, 2.75) is 220 Å². The lowest BCUT2D eigenvalue weighted by Crippen LogP contribution is -2.65. The van der Waals surface area contributed by atoms with Crippen LogP contribution in [0, 0.1) is 34.2 Å². The number of ketones is 1. The number of thiol groups is 1. The van der Waals surface area contributed by atoms with Crippen LogP contribution in [0.1, 0.15) is 104 Å². The molecule has 7 rings (SSSR count). The number of nitrogens with two attached hydrogens (primary N) is 1. The van der Waals surface area contributed by atoms with Gasteiger partial charge in [-0.3, -0.25) is 24.5 Å². The lowest BCUT2D eigenvalue weighted by Gasteiger charge is -2.47. The first-order valence-corrected chi connectivity index (χ1v) is 35.6. The highest BCUT2D eigenvalue weighted by Gasteiger charge is 2.52. The van der Waals surface area contributed by atoms with E-state index in [4.69, 9.17) is 67.4 Å². The fraction of sp³-hybridized carbons (Fsp3) is 0.688. The molecule has 31 heteroatoms. The SMILES string of the molecule is CC(C)(C)S.CCN(C(=O)CN)C1COC(OC2C(O[C@H]3C#C/C=C\C#C[C@]4(O)CC(=O)C(NC(=O)OC)=C3/C4=C\CSSC(C)(C)C)OC(C)C(NOC3CC(O)C(SC(=O)c4c(C)c(I)c(OC5OC(C)C(O)C(OC)C5O)c(OC)c4OC)C(C)O3)C2O)CC1OC. The molecule has 0 spiro atoms. The van der Waals surface area contributed by atoms with Crippen molar-refractivity contribution in [3.63, 3.8) is 0 Å². The summed E-state index contributed by atoms with van der Waals surface area (Å²) in [6.45, 7) is 20.7. The Kier molecular flexibility index (Phi) is 30.3. The van der Waals surface area contributed by atoms with Crippen LogP contribution in [-0.2, 0) is 57.1 Å². The fourth-order valence-corrected chi connectivity index (χ4v) is 15.1. The summed E-state index contributed by atoms with van der Waals surface area (Å²) in [6.07, 6.45) is -15.1. The summed E-state index contributed by atoms with van der Waals surface area (Å²) in [5.74, 6) is 10.9. The Hall–Kier alpha value is -3.47. The average molecular weight is 1530 g/mol. The number of carbonyl (C=O) groups is 4. The van der Waals surface area contributed by atoms with Crippen molar-refractivity contribution in [2.24, 2.45) is 5.73 Å². The maximum absolute atomic E-state index is 14.5. The summed E-state index contributed by atoms with van der Waals surface area (Å²) in [6, 6.07) is -1.72. The van der Waals surface area contributed by atoms with E-state index in [1.165, 1.54) is 51.4 Å². The summed E-state index contributed by atoms with van der Waals surface area (Å²) in [5.41, 5.74) is 6.88. The number of aliphatic hydroxyl groups excluding tert-OH is 4. The molecule has 9 N–H and O–H groups in total. The highest BCUT2D eigenvalue weighted by molar-refractivity contribution is 14.1. The standard InChI is InChI=1S/C60H83IN4O22S3.C4H10S/c1-14-65(38(68)26-62)33-27-80-39(24-37(33)75-9)85-52-47(70)44(29(3)82-57(52)84-36-19-17-15-16-18-21-60(74)25-35(67)45(63-58(73)79-13)42(36)32(60)20-22-88-90-59(6,7)8)64-87-40-23-34(66)54(31(5)81-40)89-55(72)41-28(2)43(61)50(53(78-12)49(41)76-10)86-56-48(71)51(77-11)46(69)30(4)83-56;1-4(2,3)5/h15-16,20,29-31,33-34,36-37,39-40,44,46-48,51-52,54,56-57,64,66,69-71,74H,14,22-27,62H2,1-13H3,(H,63,73);5H,1-3H3/b16-15-,32-20+;/t29?,30?,31?,33?,34?,36-,37?,39?,40?,44?,46?,47?,48?,51?,52?,54?,56?,57?,60-;/m0./s1. The van der Waals surface area contributed by atoms with Crippen LogP contribution < -0.4 is 30.7 Å². The van der Waals surface area contributed by atoms with Crippen LogP contribution in [0.25, 0.3) is 0 Å². The topological polar surface area (TPSA) is 343 Å². The summed E-state index contributed by atoms with van der Waals surface area (Å²) < 4.78 is 72.9. The molecule has 4 heterocycles. The van der Waals surface area contributed by atoms with Crippen LogP contribution in [0.2, 0.25) is 0 Å². The molecule has 2 bridgehead atoms. The minimum absolute atomic E-state index is 0.0114. The zero-order chi connectivity index (χ0) is 70.6. The number of hydrogen-bond donors (Lipinski definition) is 9. The third-order valence-corrected chi connectivity index (χ3v) is 21.6. The molecule has 1 aromatic rings. The van der Waals surface area contributed by atoms with E-state index in [9.17, 15) is 44.7 Å². The van der Waals surface area contributed by atoms with Crippen LogP contribution in [0.5, 0.6) is 17.2 Å². The number of allylic oxidation sites excluding steroid dienone is 3. The number of benzene rings is 1. The largest absolute Gasteiger partial charge is 0.492 e. The Balaban J connectivity index is 0.00000275. The van der Waals surface area contributed by atoms with Gasteiger partial charge >= 0.3 is 6.09 Å². The Morgan fingerprint density at radius 2 is 1.54 bits per heavy atom. The Morgan fingerprint density at radius 3 is 2.14 bits per heavy atom. The summed E-state index contributed by atoms with van der Waals surface area (Å²) in [5, 5.41) is 59.7. The molecule has 2 aliphatic carbocycles. The number of aliphatic hydroxyl groups is 5. The third kappa shape index (κ3) is 20.6. The number of nitrogens with zero attached hydrogens (tertiary/aromatic N) is 1. The molecule has 532 valence electrons.